The van der Waals surface area contributed by atoms with Gasteiger partial charge in [-0.2, -0.15) is 0 Å². The monoisotopic (exact) mass is 265 g/mol. The predicted molar refractivity (Wildman–Crippen MR) is 66.0 cm³/mol. The molecule has 1 saturated heterocycles. The fourth-order valence-corrected chi connectivity index (χ4v) is 2.66. The maximum Gasteiger partial charge on any atom is 0.321 e. The molecule has 6 nitrogen and oxygen atoms in total. The Morgan fingerprint density at radius 1 is 1.26 bits per heavy atom. The SMILES string of the molecule is O=C(O)CC1C(C(=O)O)NCC1c1ccccc1O. The third-order valence-corrected chi connectivity index (χ3v) is 3.52. The molecule has 6 heteroatoms. The van der Waals surface area contributed by atoms with Crippen molar-refractivity contribution in [3.8, 4) is 5.75 Å². The number of aliphatic carboxylic acids is 2. The Kier molecular flexibility index (Phi) is 3.71. The Balaban J connectivity index is 2.31. The van der Waals surface area contributed by atoms with Gasteiger partial charge in [-0.05, 0) is 11.6 Å². The highest BCUT2D eigenvalue weighted by atomic mass is 16.4. The molecule has 1 aliphatic heterocycles. The molecule has 0 bridgehead atoms. The van der Waals surface area contributed by atoms with Gasteiger partial charge in [-0.1, -0.05) is 18.2 Å². The summed E-state index contributed by atoms with van der Waals surface area (Å²) in [6.07, 6.45) is -0.247. The van der Waals surface area contributed by atoms with E-state index in [0.29, 0.717) is 12.1 Å². The highest BCUT2D eigenvalue weighted by Gasteiger charge is 2.42. The topological polar surface area (TPSA) is 107 Å². The van der Waals surface area contributed by atoms with E-state index in [1.54, 1.807) is 18.2 Å². The molecule has 102 valence electrons. The number of carboxylic acid groups (broad SMARTS) is 2. The first-order chi connectivity index (χ1) is 9.00. The van der Waals surface area contributed by atoms with Crippen molar-refractivity contribution in [3.63, 3.8) is 0 Å². The van der Waals surface area contributed by atoms with Gasteiger partial charge in [-0.25, -0.2) is 0 Å². The smallest absolute Gasteiger partial charge is 0.321 e. The van der Waals surface area contributed by atoms with E-state index in [2.05, 4.69) is 5.32 Å². The second-order valence-electron chi connectivity index (χ2n) is 4.65. The number of benzene rings is 1. The van der Waals surface area contributed by atoms with Crippen LogP contribution in [0, 0.1) is 5.92 Å². The van der Waals surface area contributed by atoms with E-state index >= 15 is 0 Å². The van der Waals surface area contributed by atoms with E-state index in [-0.39, 0.29) is 18.1 Å². The average Bonchev–Trinajstić information content (AvgIpc) is 2.72. The molecule has 3 unspecified atom stereocenters. The third kappa shape index (κ3) is 2.68. The number of rotatable bonds is 4. The fraction of sp³-hybridized carbons (Fsp3) is 0.385. The molecular formula is C13H15NO5. The van der Waals surface area contributed by atoms with E-state index in [0.717, 1.165) is 0 Å². The number of hydrogen-bond acceptors (Lipinski definition) is 4. The Bertz CT molecular complexity index is 502. The zero-order valence-corrected chi connectivity index (χ0v) is 10.1. The maximum absolute atomic E-state index is 11.1. The lowest BCUT2D eigenvalue weighted by molar-refractivity contribution is -0.142. The largest absolute Gasteiger partial charge is 0.508 e. The van der Waals surface area contributed by atoms with E-state index in [4.69, 9.17) is 10.2 Å². The second kappa shape index (κ2) is 5.27. The number of hydrogen-bond donors (Lipinski definition) is 4. The zero-order valence-electron chi connectivity index (χ0n) is 10.1. The number of carbonyl (C=O) groups is 2. The van der Waals surface area contributed by atoms with Crippen molar-refractivity contribution in [1.82, 2.24) is 5.32 Å². The van der Waals surface area contributed by atoms with Crippen LogP contribution < -0.4 is 5.32 Å². The summed E-state index contributed by atoms with van der Waals surface area (Å²) in [4.78, 5) is 22.0. The maximum atomic E-state index is 11.1. The number of aromatic hydroxyl groups is 1. The van der Waals surface area contributed by atoms with Gasteiger partial charge >= 0.3 is 11.9 Å². The van der Waals surface area contributed by atoms with E-state index in [1.807, 2.05) is 0 Å². The minimum absolute atomic E-state index is 0.0655. The predicted octanol–water partition coefficient (Wildman–Crippen LogP) is 0.623. The Labute approximate surface area is 109 Å². The molecule has 2 rings (SSSR count). The van der Waals surface area contributed by atoms with Gasteiger partial charge in [-0.15, -0.1) is 0 Å². The van der Waals surface area contributed by atoms with Crippen LogP contribution in [0.25, 0.3) is 0 Å². The number of nitrogens with one attached hydrogen (secondary N) is 1. The Morgan fingerprint density at radius 3 is 2.53 bits per heavy atom. The molecule has 1 aromatic carbocycles. The minimum Gasteiger partial charge on any atom is -0.508 e. The summed E-state index contributed by atoms with van der Waals surface area (Å²) in [6, 6.07) is 5.71. The van der Waals surface area contributed by atoms with Crippen molar-refractivity contribution < 1.29 is 24.9 Å². The summed E-state index contributed by atoms with van der Waals surface area (Å²) in [5, 5.41) is 30.7. The van der Waals surface area contributed by atoms with Crippen LogP contribution in [-0.4, -0.2) is 39.8 Å². The highest BCUT2D eigenvalue weighted by molar-refractivity contribution is 5.77. The van der Waals surface area contributed by atoms with Gasteiger partial charge < -0.3 is 20.6 Å². The van der Waals surface area contributed by atoms with Crippen LogP contribution in [0.15, 0.2) is 24.3 Å². The van der Waals surface area contributed by atoms with E-state index in [9.17, 15) is 14.7 Å². The standard InChI is InChI=1S/C13H15NO5/c15-10-4-2-1-3-7(10)9-6-14-12(13(18)19)8(9)5-11(16)17/h1-4,8-9,12,14-15H,5-6H2,(H,16,17)(H,18,19). The summed E-state index contributed by atoms with van der Waals surface area (Å²) in [5.41, 5.74) is 0.588. The van der Waals surface area contributed by atoms with Gasteiger partial charge in [0.1, 0.15) is 11.8 Å². The quantitative estimate of drug-likeness (QED) is 0.636. The molecule has 0 aliphatic carbocycles. The van der Waals surface area contributed by atoms with Crippen LogP contribution in [0.4, 0.5) is 0 Å². The first kappa shape index (κ1) is 13.4. The van der Waals surface area contributed by atoms with Gasteiger partial charge in [0.15, 0.2) is 0 Å². The van der Waals surface area contributed by atoms with Gasteiger partial charge in [-0.3, -0.25) is 9.59 Å². The van der Waals surface area contributed by atoms with Crippen LogP contribution in [0.5, 0.6) is 5.75 Å². The van der Waals surface area contributed by atoms with Crippen molar-refractivity contribution in [1.29, 1.82) is 0 Å². The van der Waals surface area contributed by atoms with Crippen LogP contribution in [0.1, 0.15) is 17.9 Å². The fourth-order valence-electron chi connectivity index (χ4n) is 2.66. The molecule has 0 spiro atoms. The average molecular weight is 265 g/mol. The summed E-state index contributed by atoms with van der Waals surface area (Å²) in [7, 11) is 0. The van der Waals surface area contributed by atoms with Gasteiger partial charge in [0, 0.05) is 18.4 Å². The Morgan fingerprint density at radius 2 is 1.95 bits per heavy atom. The molecule has 0 saturated carbocycles. The molecule has 0 radical (unpaired) electrons. The molecule has 0 aromatic heterocycles. The molecule has 0 amide bonds. The minimum atomic E-state index is -1.07. The van der Waals surface area contributed by atoms with E-state index < -0.39 is 23.9 Å². The van der Waals surface area contributed by atoms with Crippen molar-refractivity contribution in [2.24, 2.45) is 5.92 Å². The summed E-state index contributed by atoms with van der Waals surface area (Å²) < 4.78 is 0. The molecule has 1 heterocycles. The molecule has 1 fully saturated rings. The zero-order chi connectivity index (χ0) is 14.0. The van der Waals surface area contributed by atoms with Crippen molar-refractivity contribution in [2.45, 2.75) is 18.4 Å². The molecule has 3 atom stereocenters. The van der Waals surface area contributed by atoms with E-state index in [1.165, 1.54) is 6.07 Å². The lowest BCUT2D eigenvalue weighted by atomic mass is 9.82. The normalized spacial score (nSPS) is 26.2. The number of para-hydroxylation sites is 1. The molecule has 4 N–H and O–H groups in total. The number of carboxylic acids is 2. The third-order valence-electron chi connectivity index (χ3n) is 3.52. The summed E-state index contributed by atoms with van der Waals surface area (Å²) >= 11 is 0. The van der Waals surface area contributed by atoms with Crippen LogP contribution in [0.2, 0.25) is 0 Å². The molecule has 1 aromatic rings. The molecule has 19 heavy (non-hydrogen) atoms. The summed E-state index contributed by atoms with van der Waals surface area (Å²) in [6.45, 7) is 0.340. The second-order valence-corrected chi connectivity index (χ2v) is 4.65. The highest BCUT2D eigenvalue weighted by Crippen LogP contribution is 2.38. The lowest BCUT2D eigenvalue weighted by Crippen LogP contribution is -2.36. The van der Waals surface area contributed by atoms with Crippen LogP contribution in [-0.2, 0) is 9.59 Å². The molecule has 1 aliphatic rings. The number of phenols is 1. The van der Waals surface area contributed by atoms with Crippen LogP contribution in [0.3, 0.4) is 0 Å². The Hall–Kier alpha value is -2.08. The van der Waals surface area contributed by atoms with Crippen molar-refractivity contribution >= 4 is 11.9 Å². The van der Waals surface area contributed by atoms with Crippen molar-refractivity contribution in [2.75, 3.05) is 6.54 Å². The van der Waals surface area contributed by atoms with Gasteiger partial charge in [0.25, 0.3) is 0 Å². The van der Waals surface area contributed by atoms with Gasteiger partial charge in [0.05, 0.1) is 6.42 Å². The number of phenolic OH excluding ortho intramolecular Hbond substituents is 1. The first-order valence-electron chi connectivity index (χ1n) is 5.96. The summed E-state index contributed by atoms with van der Waals surface area (Å²) in [5.74, 6) is -2.94. The van der Waals surface area contributed by atoms with Gasteiger partial charge in [0.2, 0.25) is 0 Å². The van der Waals surface area contributed by atoms with Crippen LogP contribution >= 0.6 is 0 Å². The first-order valence-corrected chi connectivity index (χ1v) is 5.96. The lowest BCUT2D eigenvalue weighted by Gasteiger charge is -2.21. The molecular weight excluding hydrogens is 250 g/mol. The van der Waals surface area contributed by atoms with Crippen molar-refractivity contribution in [3.05, 3.63) is 29.8 Å².